The van der Waals surface area contributed by atoms with Gasteiger partial charge in [0.15, 0.2) is 5.82 Å². The van der Waals surface area contributed by atoms with Crippen LogP contribution in [0.1, 0.15) is 55.2 Å². The Morgan fingerprint density at radius 2 is 2.10 bits per heavy atom. The lowest BCUT2D eigenvalue weighted by molar-refractivity contribution is -0.0514. The van der Waals surface area contributed by atoms with Crippen LogP contribution < -0.4 is 5.73 Å². The van der Waals surface area contributed by atoms with E-state index in [0.717, 1.165) is 25.7 Å². The van der Waals surface area contributed by atoms with Crippen LogP contribution >= 0.6 is 0 Å². The molecule has 1 saturated carbocycles. The van der Waals surface area contributed by atoms with Crippen molar-refractivity contribution in [1.29, 1.82) is 0 Å². The molecule has 1 heterocycles. The Hall–Kier alpha value is -1.69. The Kier molecular flexibility index (Phi) is 4.54. The first-order valence-corrected chi connectivity index (χ1v) is 6.98. The number of carbonyl (C=O) groups excluding carboxylic acids is 1. The number of nitrogens with two attached hydrogens (primary N) is 1. The van der Waals surface area contributed by atoms with Crippen molar-refractivity contribution in [2.45, 2.75) is 44.6 Å². The maximum Gasteiger partial charge on any atom is 0.343 e. The van der Waals surface area contributed by atoms with Crippen molar-refractivity contribution in [2.75, 3.05) is 19.5 Å². The minimum atomic E-state index is -0.494. The predicted octanol–water partition coefficient (Wildman–Crippen LogP) is 2.04. The third-order valence-electron chi connectivity index (χ3n) is 3.77. The highest BCUT2D eigenvalue weighted by Gasteiger charge is 2.37. The average Bonchev–Trinajstić information content (AvgIpc) is 2.48. The van der Waals surface area contributed by atoms with Crippen molar-refractivity contribution in [3.05, 3.63) is 17.6 Å². The van der Waals surface area contributed by atoms with Gasteiger partial charge in [-0.2, -0.15) is 0 Å². The summed E-state index contributed by atoms with van der Waals surface area (Å²) in [5, 5.41) is 0. The Bertz CT molecular complexity index is 485. The molecule has 0 aromatic carbocycles. The van der Waals surface area contributed by atoms with Crippen molar-refractivity contribution >= 4 is 11.8 Å². The lowest BCUT2D eigenvalue weighted by Crippen LogP contribution is -2.33. The Balaban J connectivity index is 2.30. The number of carbonyl (C=O) groups is 1. The molecule has 0 bridgehead atoms. The molecule has 0 atom stereocenters. The van der Waals surface area contributed by atoms with Crippen LogP contribution in [-0.4, -0.2) is 29.7 Å². The van der Waals surface area contributed by atoms with Crippen molar-refractivity contribution in [3.63, 3.8) is 0 Å². The summed E-state index contributed by atoms with van der Waals surface area (Å²) in [5.41, 5.74) is 5.60. The zero-order valence-electron chi connectivity index (χ0n) is 12.0. The number of anilines is 1. The summed E-state index contributed by atoms with van der Waals surface area (Å²) in [5.74, 6) is 0.215. The van der Waals surface area contributed by atoms with E-state index in [2.05, 4.69) is 9.97 Å². The number of nitrogen functional groups attached to an aromatic ring is 1. The SMILES string of the molecule is CCOC(=O)c1cnc(C2(OC)CCCCC2)nc1N. The number of aromatic nitrogens is 2. The summed E-state index contributed by atoms with van der Waals surface area (Å²) in [6.07, 6.45) is 6.55. The molecule has 6 heteroatoms. The standard InChI is InChI=1S/C14H21N3O3/c1-3-20-12(18)10-9-16-13(17-11(10)15)14(19-2)7-5-4-6-8-14/h9H,3-8H2,1-2H3,(H2,15,16,17). The lowest BCUT2D eigenvalue weighted by atomic mass is 9.84. The summed E-state index contributed by atoms with van der Waals surface area (Å²) in [7, 11) is 1.67. The van der Waals surface area contributed by atoms with Gasteiger partial charge in [-0.3, -0.25) is 0 Å². The van der Waals surface area contributed by atoms with E-state index in [9.17, 15) is 4.79 Å². The molecule has 0 unspecified atom stereocenters. The quantitative estimate of drug-likeness (QED) is 0.849. The van der Waals surface area contributed by atoms with Crippen LogP contribution in [0, 0.1) is 0 Å². The number of esters is 1. The van der Waals surface area contributed by atoms with Crippen molar-refractivity contribution in [3.8, 4) is 0 Å². The van der Waals surface area contributed by atoms with E-state index in [-0.39, 0.29) is 11.4 Å². The second-order valence-corrected chi connectivity index (χ2v) is 4.97. The summed E-state index contributed by atoms with van der Waals surface area (Å²) >= 11 is 0. The summed E-state index contributed by atoms with van der Waals surface area (Å²) < 4.78 is 10.6. The van der Waals surface area contributed by atoms with E-state index in [1.54, 1.807) is 14.0 Å². The molecule has 2 N–H and O–H groups in total. The van der Waals surface area contributed by atoms with E-state index in [0.29, 0.717) is 12.4 Å². The number of ether oxygens (including phenoxy) is 2. The smallest absolute Gasteiger partial charge is 0.343 e. The minimum absolute atomic E-state index is 0.149. The van der Waals surface area contributed by atoms with Crippen molar-refractivity contribution < 1.29 is 14.3 Å². The average molecular weight is 279 g/mol. The van der Waals surface area contributed by atoms with Gasteiger partial charge < -0.3 is 15.2 Å². The molecule has 20 heavy (non-hydrogen) atoms. The van der Waals surface area contributed by atoms with Gasteiger partial charge in [-0.1, -0.05) is 19.3 Å². The second kappa shape index (κ2) is 6.17. The first-order valence-electron chi connectivity index (χ1n) is 6.98. The number of nitrogens with zero attached hydrogens (tertiary/aromatic N) is 2. The van der Waals surface area contributed by atoms with Gasteiger partial charge in [0.05, 0.1) is 6.61 Å². The highest BCUT2D eigenvalue weighted by Crippen LogP contribution is 2.38. The zero-order chi connectivity index (χ0) is 14.6. The Labute approximate surface area is 118 Å². The molecule has 1 aliphatic rings. The zero-order valence-corrected chi connectivity index (χ0v) is 12.0. The van der Waals surface area contributed by atoms with Gasteiger partial charge in [0.2, 0.25) is 0 Å². The fourth-order valence-corrected chi connectivity index (χ4v) is 2.62. The number of rotatable bonds is 4. The third-order valence-corrected chi connectivity index (χ3v) is 3.77. The summed E-state index contributed by atoms with van der Waals surface area (Å²) in [4.78, 5) is 20.3. The molecule has 0 saturated heterocycles. The molecular weight excluding hydrogens is 258 g/mol. The topological polar surface area (TPSA) is 87.3 Å². The normalized spacial score (nSPS) is 17.7. The van der Waals surface area contributed by atoms with Gasteiger partial charge >= 0.3 is 5.97 Å². The number of methoxy groups -OCH3 is 1. The summed E-state index contributed by atoms with van der Waals surface area (Å²) in [6.45, 7) is 2.04. The van der Waals surface area contributed by atoms with Gasteiger partial charge in [0.1, 0.15) is 17.0 Å². The maximum atomic E-state index is 11.7. The monoisotopic (exact) mass is 279 g/mol. The van der Waals surface area contributed by atoms with Crippen LogP contribution in [0.25, 0.3) is 0 Å². The maximum absolute atomic E-state index is 11.7. The Morgan fingerprint density at radius 1 is 1.40 bits per heavy atom. The van der Waals surface area contributed by atoms with Gasteiger partial charge in [-0.05, 0) is 19.8 Å². The fraction of sp³-hybridized carbons (Fsp3) is 0.643. The van der Waals surface area contributed by atoms with Gasteiger partial charge in [-0.25, -0.2) is 14.8 Å². The molecule has 0 spiro atoms. The van der Waals surface area contributed by atoms with Crippen LogP contribution in [0.4, 0.5) is 5.82 Å². The molecule has 2 rings (SSSR count). The van der Waals surface area contributed by atoms with Crippen LogP contribution in [0.5, 0.6) is 0 Å². The molecule has 0 radical (unpaired) electrons. The molecule has 110 valence electrons. The van der Waals surface area contributed by atoms with E-state index in [4.69, 9.17) is 15.2 Å². The van der Waals surface area contributed by atoms with Crippen LogP contribution in [0.15, 0.2) is 6.20 Å². The lowest BCUT2D eigenvalue weighted by Gasteiger charge is -2.34. The number of hydrogen-bond donors (Lipinski definition) is 1. The molecule has 1 fully saturated rings. The van der Waals surface area contributed by atoms with E-state index in [1.807, 2.05) is 0 Å². The predicted molar refractivity (Wildman–Crippen MR) is 74.2 cm³/mol. The van der Waals surface area contributed by atoms with Crippen LogP contribution in [0.2, 0.25) is 0 Å². The van der Waals surface area contributed by atoms with E-state index >= 15 is 0 Å². The second-order valence-electron chi connectivity index (χ2n) is 4.97. The number of hydrogen-bond acceptors (Lipinski definition) is 6. The molecule has 1 aliphatic carbocycles. The minimum Gasteiger partial charge on any atom is -0.462 e. The van der Waals surface area contributed by atoms with E-state index < -0.39 is 11.6 Å². The first kappa shape index (κ1) is 14.7. The largest absolute Gasteiger partial charge is 0.462 e. The van der Waals surface area contributed by atoms with Crippen LogP contribution in [-0.2, 0) is 15.1 Å². The molecule has 6 nitrogen and oxygen atoms in total. The fourth-order valence-electron chi connectivity index (χ4n) is 2.62. The molecule has 1 aromatic heterocycles. The van der Waals surface area contributed by atoms with Crippen molar-refractivity contribution in [1.82, 2.24) is 9.97 Å². The first-order chi connectivity index (χ1) is 9.63. The van der Waals surface area contributed by atoms with Gasteiger partial charge in [0, 0.05) is 13.3 Å². The summed E-state index contributed by atoms with van der Waals surface area (Å²) in [6, 6.07) is 0. The molecule has 0 amide bonds. The van der Waals surface area contributed by atoms with E-state index in [1.165, 1.54) is 12.6 Å². The van der Waals surface area contributed by atoms with Crippen LogP contribution in [0.3, 0.4) is 0 Å². The van der Waals surface area contributed by atoms with Crippen molar-refractivity contribution in [2.24, 2.45) is 0 Å². The molecule has 0 aliphatic heterocycles. The Morgan fingerprint density at radius 3 is 2.65 bits per heavy atom. The molecular formula is C14H21N3O3. The highest BCUT2D eigenvalue weighted by molar-refractivity contribution is 5.93. The van der Waals surface area contributed by atoms with Gasteiger partial charge in [0.25, 0.3) is 0 Å². The van der Waals surface area contributed by atoms with Gasteiger partial charge in [-0.15, -0.1) is 0 Å². The molecule has 1 aromatic rings. The highest BCUT2D eigenvalue weighted by atomic mass is 16.5. The third kappa shape index (κ3) is 2.75.